The van der Waals surface area contributed by atoms with Crippen molar-refractivity contribution in [2.24, 2.45) is 11.8 Å². The summed E-state index contributed by atoms with van der Waals surface area (Å²) in [7, 11) is 0. The van der Waals surface area contributed by atoms with Gasteiger partial charge in [-0.25, -0.2) is 0 Å². The van der Waals surface area contributed by atoms with E-state index in [1.807, 2.05) is 0 Å². The molecule has 0 radical (unpaired) electrons. The third kappa shape index (κ3) is 6.76. The lowest BCUT2D eigenvalue weighted by molar-refractivity contribution is -0.385. The predicted octanol–water partition coefficient (Wildman–Crippen LogP) is -3.62. The Bertz CT molecular complexity index is 826. The van der Waals surface area contributed by atoms with E-state index in [0.717, 1.165) is 19.3 Å². The molecule has 14 nitrogen and oxygen atoms in total. The molecular formula is C27H47O14+. The third-order valence-electron chi connectivity index (χ3n) is 9.71. The van der Waals surface area contributed by atoms with Crippen molar-refractivity contribution in [1.29, 1.82) is 0 Å². The highest BCUT2D eigenvalue weighted by atomic mass is 16.8. The zero-order valence-corrected chi connectivity index (χ0v) is 23.0. The Morgan fingerprint density at radius 3 is 1.83 bits per heavy atom. The minimum Gasteiger partial charge on any atom is -0.427 e. The molecule has 3 saturated heterocycles. The number of rotatable bonds is 7. The van der Waals surface area contributed by atoms with Crippen LogP contribution >= 0.6 is 0 Å². The number of hydrogen-bond acceptors (Lipinski definition) is 13. The lowest BCUT2D eigenvalue weighted by atomic mass is 9.74. The second kappa shape index (κ2) is 13.6. The van der Waals surface area contributed by atoms with E-state index >= 15 is 0 Å². The Labute approximate surface area is 238 Å². The van der Waals surface area contributed by atoms with Gasteiger partial charge in [0.25, 0.3) is 0 Å². The van der Waals surface area contributed by atoms with Gasteiger partial charge in [0.15, 0.2) is 24.8 Å². The molecule has 0 aromatic carbocycles. The molecule has 10 N–H and O–H groups in total. The molecule has 5 fully saturated rings. The summed E-state index contributed by atoms with van der Waals surface area (Å²) in [5.41, 5.74) is 0. The van der Waals surface area contributed by atoms with Gasteiger partial charge in [0, 0.05) is 18.3 Å². The highest BCUT2D eigenvalue weighted by molar-refractivity contribution is 4.97. The fourth-order valence-corrected chi connectivity index (χ4v) is 7.22. The molecule has 0 amide bonds. The highest BCUT2D eigenvalue weighted by Crippen LogP contribution is 2.42. The molecule has 3 aliphatic heterocycles. The van der Waals surface area contributed by atoms with Crippen LogP contribution in [0.3, 0.4) is 0 Å². The molecule has 5 rings (SSSR count). The molecule has 5 aliphatic rings. The first-order chi connectivity index (χ1) is 19.6. The van der Waals surface area contributed by atoms with Gasteiger partial charge in [0.2, 0.25) is 0 Å². The van der Waals surface area contributed by atoms with Crippen LogP contribution in [0.4, 0.5) is 0 Å². The van der Waals surface area contributed by atoms with Gasteiger partial charge < -0.3 is 69.6 Å². The standard InChI is InChI=1S/C27H46O14/c28-9-17-19(32)21(34)23(36)26(39-17)41-25-22(35)20(33)18(10-29)40-27(25)38-16-7-12-3-6-14(31)8-15(12)37-24(16)11-1-4-13(30)5-2-11/h11-36H,1-10H2/p+1. The highest BCUT2D eigenvalue weighted by Gasteiger charge is 2.54. The van der Waals surface area contributed by atoms with Crippen LogP contribution in [0.2, 0.25) is 0 Å². The quantitative estimate of drug-likeness (QED) is 0.130. The van der Waals surface area contributed by atoms with E-state index in [1.165, 1.54) is 0 Å². The van der Waals surface area contributed by atoms with E-state index in [1.54, 1.807) is 0 Å². The zero-order valence-electron chi connectivity index (χ0n) is 23.0. The van der Waals surface area contributed by atoms with Gasteiger partial charge in [0.05, 0.1) is 25.4 Å². The SMILES string of the molecule is OCC1OC(OC2C(OC3CC4CCC(O)CC4[OH+]C3C3CCC(O)CC3)OC(CO)C(O)C2O)C(O)C(O)C1O. The Morgan fingerprint density at radius 2 is 1.17 bits per heavy atom. The second-order valence-corrected chi connectivity index (χ2v) is 12.4. The molecule has 238 valence electrons. The molecule has 3 heterocycles. The number of aliphatic hydroxyl groups excluding tert-OH is 9. The van der Waals surface area contributed by atoms with Crippen molar-refractivity contribution >= 4 is 0 Å². The topological polar surface area (TPSA) is 232 Å². The molecule has 15 unspecified atom stereocenters. The van der Waals surface area contributed by atoms with Gasteiger partial charge >= 0.3 is 0 Å². The van der Waals surface area contributed by atoms with E-state index in [4.69, 9.17) is 23.7 Å². The van der Waals surface area contributed by atoms with E-state index < -0.39 is 86.8 Å². The van der Waals surface area contributed by atoms with Crippen LogP contribution in [-0.2, 0) is 18.9 Å². The molecule has 41 heavy (non-hydrogen) atoms. The largest absolute Gasteiger partial charge is 0.427 e. The number of fused-ring (bicyclic) bond motifs is 1. The average Bonchev–Trinajstić information content (AvgIpc) is 2.97. The third-order valence-corrected chi connectivity index (χ3v) is 9.71. The number of aliphatic hydroxyl groups is 11. The van der Waals surface area contributed by atoms with Gasteiger partial charge in [-0.3, -0.25) is 0 Å². The molecule has 0 aromatic heterocycles. The van der Waals surface area contributed by atoms with Crippen LogP contribution in [0, 0.1) is 11.8 Å². The fourth-order valence-electron chi connectivity index (χ4n) is 7.22. The van der Waals surface area contributed by atoms with Crippen LogP contribution in [0.5, 0.6) is 0 Å². The summed E-state index contributed by atoms with van der Waals surface area (Å²) in [6, 6.07) is 0. The summed E-state index contributed by atoms with van der Waals surface area (Å²) >= 11 is 0. The van der Waals surface area contributed by atoms with Crippen LogP contribution < -0.4 is 0 Å². The summed E-state index contributed by atoms with van der Waals surface area (Å²) in [4.78, 5) is 0. The maximum Gasteiger partial charge on any atom is 0.187 e. The first-order valence-corrected chi connectivity index (χ1v) is 14.9. The summed E-state index contributed by atoms with van der Waals surface area (Å²) in [5.74, 6) is 0.271. The van der Waals surface area contributed by atoms with Crippen molar-refractivity contribution in [3.63, 3.8) is 0 Å². The zero-order chi connectivity index (χ0) is 29.4. The van der Waals surface area contributed by atoms with Crippen molar-refractivity contribution in [3.8, 4) is 0 Å². The summed E-state index contributed by atoms with van der Waals surface area (Å²) < 4.78 is 28.8. The number of ether oxygens (including phenoxy) is 5. The second-order valence-electron chi connectivity index (χ2n) is 12.4. The van der Waals surface area contributed by atoms with E-state index in [9.17, 15) is 46.0 Å². The Morgan fingerprint density at radius 1 is 0.585 bits per heavy atom. The molecule has 14 heteroatoms. The van der Waals surface area contributed by atoms with E-state index in [0.29, 0.717) is 32.1 Å². The molecule has 2 aliphatic carbocycles. The lowest BCUT2D eigenvalue weighted by Crippen LogP contribution is -2.65. The van der Waals surface area contributed by atoms with Crippen molar-refractivity contribution in [2.45, 2.75) is 143 Å². The molecule has 0 bridgehead atoms. The molecule has 0 aromatic rings. The summed E-state index contributed by atoms with van der Waals surface area (Å²) in [6.07, 6.45) is -11.4. The van der Waals surface area contributed by atoms with E-state index in [-0.39, 0.29) is 30.1 Å². The smallest absolute Gasteiger partial charge is 0.187 e. The van der Waals surface area contributed by atoms with Crippen LogP contribution in [0.15, 0.2) is 0 Å². The Hall–Kier alpha value is -0.560. The van der Waals surface area contributed by atoms with Crippen LogP contribution in [0.1, 0.15) is 51.4 Å². The normalized spacial score (nSPS) is 53.0. The molecular weight excluding hydrogens is 548 g/mol. The first kappa shape index (κ1) is 31.9. The van der Waals surface area contributed by atoms with Crippen molar-refractivity contribution in [3.05, 3.63) is 0 Å². The Kier molecular flexibility index (Phi) is 10.6. The van der Waals surface area contributed by atoms with Gasteiger partial charge in [-0.15, -0.1) is 0 Å². The van der Waals surface area contributed by atoms with Gasteiger partial charge in [0.1, 0.15) is 54.9 Å². The van der Waals surface area contributed by atoms with Gasteiger partial charge in [-0.2, -0.15) is 0 Å². The maximum absolute atomic E-state index is 11.0. The molecule has 15 atom stereocenters. The molecule has 2 saturated carbocycles. The minimum atomic E-state index is -1.76. The predicted molar refractivity (Wildman–Crippen MR) is 137 cm³/mol. The minimum absolute atomic E-state index is 0.0264. The average molecular weight is 596 g/mol. The fraction of sp³-hybridized carbons (Fsp3) is 1.00. The van der Waals surface area contributed by atoms with Crippen LogP contribution in [-0.4, -0.2) is 156 Å². The Balaban J connectivity index is 1.37. The molecule has 0 spiro atoms. The van der Waals surface area contributed by atoms with Crippen molar-refractivity contribution in [2.75, 3.05) is 13.2 Å². The van der Waals surface area contributed by atoms with Crippen LogP contribution in [0.25, 0.3) is 0 Å². The van der Waals surface area contributed by atoms with Gasteiger partial charge in [-0.1, -0.05) is 0 Å². The maximum atomic E-state index is 11.0. The monoisotopic (exact) mass is 595 g/mol. The lowest BCUT2D eigenvalue weighted by Gasteiger charge is -2.49. The summed E-state index contributed by atoms with van der Waals surface area (Å²) in [5, 5.41) is 92.3. The first-order valence-electron chi connectivity index (χ1n) is 14.9. The van der Waals surface area contributed by atoms with Crippen molar-refractivity contribution in [1.82, 2.24) is 0 Å². The number of hydrogen-bond donors (Lipinski definition) is 9. The summed E-state index contributed by atoms with van der Waals surface area (Å²) in [6.45, 7) is -1.30. The van der Waals surface area contributed by atoms with Crippen molar-refractivity contribution < 1.29 is 69.6 Å². The van der Waals surface area contributed by atoms with Gasteiger partial charge in [-0.05, 0) is 44.9 Å². The van der Waals surface area contributed by atoms with E-state index in [2.05, 4.69) is 0 Å².